The van der Waals surface area contributed by atoms with E-state index >= 15 is 0 Å². The van der Waals surface area contributed by atoms with E-state index in [1.807, 2.05) is 32.0 Å². The summed E-state index contributed by atoms with van der Waals surface area (Å²) in [4.78, 5) is 16.8. The number of benzene rings is 1. The number of aromatic nitrogens is 1. The molecule has 5 nitrogen and oxygen atoms in total. The molecule has 0 saturated carbocycles. The summed E-state index contributed by atoms with van der Waals surface area (Å²) in [7, 11) is 0. The second-order valence-electron chi connectivity index (χ2n) is 4.89. The van der Waals surface area contributed by atoms with Crippen molar-refractivity contribution in [2.75, 3.05) is 5.73 Å². The Morgan fingerprint density at radius 3 is 2.95 bits per heavy atom. The number of amides is 1. The second kappa shape index (κ2) is 5.21. The summed E-state index contributed by atoms with van der Waals surface area (Å²) >= 11 is 1.40. The van der Waals surface area contributed by atoms with Crippen molar-refractivity contribution in [1.29, 1.82) is 0 Å². The summed E-state index contributed by atoms with van der Waals surface area (Å²) in [5, 5.41) is 3.70. The van der Waals surface area contributed by atoms with Crippen LogP contribution in [0.3, 0.4) is 0 Å². The van der Waals surface area contributed by atoms with Gasteiger partial charge < -0.3 is 15.5 Å². The summed E-state index contributed by atoms with van der Waals surface area (Å²) in [5.74, 6) is 0.995. The number of fused-ring (bicyclic) bond motifs is 1. The number of anilines is 1. The lowest BCUT2D eigenvalue weighted by Gasteiger charge is -2.01. The van der Waals surface area contributed by atoms with Crippen LogP contribution >= 0.6 is 11.3 Å². The Bertz CT molecular complexity index is 820. The molecule has 3 aromatic rings. The van der Waals surface area contributed by atoms with E-state index in [9.17, 15) is 4.79 Å². The van der Waals surface area contributed by atoms with Crippen LogP contribution in [0.4, 0.5) is 5.69 Å². The largest absolute Gasteiger partial charge is 0.444 e. The molecule has 0 aliphatic rings. The predicted octanol–water partition coefficient (Wildman–Crippen LogP) is 3.02. The van der Waals surface area contributed by atoms with Crippen molar-refractivity contribution < 1.29 is 9.21 Å². The number of nitrogens with two attached hydrogens (primary N) is 1. The van der Waals surface area contributed by atoms with Gasteiger partial charge in [0.15, 0.2) is 0 Å². The number of rotatable bonds is 3. The molecule has 0 bridgehead atoms. The van der Waals surface area contributed by atoms with Gasteiger partial charge >= 0.3 is 0 Å². The number of carbonyl (C=O) groups excluding carboxylic acids is 1. The molecule has 1 aromatic carbocycles. The fraction of sp³-hybridized carbons (Fsp3) is 0.200. The van der Waals surface area contributed by atoms with E-state index in [4.69, 9.17) is 10.2 Å². The normalized spacial score (nSPS) is 11.0. The molecule has 0 fully saturated rings. The van der Waals surface area contributed by atoms with E-state index in [1.165, 1.54) is 11.3 Å². The standard InChI is InChI=1S/C15H15N3O2S/c1-8-3-4-10-11(5-8)21-14(13(10)16)15(19)18-7-12-17-6-9(2)20-12/h3-6H,7,16H2,1-2H3,(H,18,19). The third-order valence-corrected chi connectivity index (χ3v) is 4.33. The SMILES string of the molecule is Cc1ccc2c(N)c(C(=O)NCc3ncc(C)o3)sc2c1. The van der Waals surface area contributed by atoms with Crippen LogP contribution in [0.25, 0.3) is 10.1 Å². The molecule has 3 N–H and O–H groups in total. The van der Waals surface area contributed by atoms with Crippen molar-refractivity contribution in [3.63, 3.8) is 0 Å². The van der Waals surface area contributed by atoms with Crippen LogP contribution in [0, 0.1) is 13.8 Å². The third-order valence-electron chi connectivity index (χ3n) is 3.16. The van der Waals surface area contributed by atoms with Crippen molar-refractivity contribution >= 4 is 33.0 Å². The lowest BCUT2D eigenvalue weighted by Crippen LogP contribution is -2.22. The molecule has 2 heterocycles. The third kappa shape index (κ3) is 2.62. The molecule has 0 aliphatic heterocycles. The first-order valence-electron chi connectivity index (χ1n) is 6.52. The number of thiophene rings is 1. The lowest BCUT2D eigenvalue weighted by atomic mass is 10.1. The van der Waals surface area contributed by atoms with Gasteiger partial charge in [-0.1, -0.05) is 12.1 Å². The van der Waals surface area contributed by atoms with Gasteiger partial charge in [0.05, 0.1) is 18.4 Å². The van der Waals surface area contributed by atoms with E-state index in [1.54, 1.807) is 6.20 Å². The minimum Gasteiger partial charge on any atom is -0.444 e. The Balaban J connectivity index is 1.82. The maximum Gasteiger partial charge on any atom is 0.263 e. The Morgan fingerprint density at radius 1 is 1.43 bits per heavy atom. The van der Waals surface area contributed by atoms with Crippen molar-refractivity contribution in [2.45, 2.75) is 20.4 Å². The first-order valence-corrected chi connectivity index (χ1v) is 7.34. The van der Waals surface area contributed by atoms with Crippen LogP contribution in [0.2, 0.25) is 0 Å². The van der Waals surface area contributed by atoms with Crippen LogP contribution in [0.5, 0.6) is 0 Å². The fourth-order valence-electron chi connectivity index (χ4n) is 2.11. The van der Waals surface area contributed by atoms with Crippen LogP contribution in [-0.2, 0) is 6.54 Å². The summed E-state index contributed by atoms with van der Waals surface area (Å²) in [6.07, 6.45) is 1.62. The maximum absolute atomic E-state index is 12.3. The summed E-state index contributed by atoms with van der Waals surface area (Å²) in [5.41, 5.74) is 7.74. The van der Waals surface area contributed by atoms with Gasteiger partial charge in [0.1, 0.15) is 10.6 Å². The van der Waals surface area contributed by atoms with Crippen LogP contribution in [0.1, 0.15) is 26.9 Å². The van der Waals surface area contributed by atoms with Gasteiger partial charge in [-0.25, -0.2) is 4.98 Å². The van der Waals surface area contributed by atoms with Crippen molar-refractivity contribution in [1.82, 2.24) is 10.3 Å². The van der Waals surface area contributed by atoms with Crippen molar-refractivity contribution in [3.05, 3.63) is 46.5 Å². The number of hydrogen-bond donors (Lipinski definition) is 2. The van der Waals surface area contributed by atoms with Gasteiger partial charge in [-0.15, -0.1) is 11.3 Å². The minimum absolute atomic E-state index is 0.206. The Labute approximate surface area is 125 Å². The smallest absolute Gasteiger partial charge is 0.263 e. The topological polar surface area (TPSA) is 81.2 Å². The Kier molecular flexibility index (Phi) is 3.39. The van der Waals surface area contributed by atoms with Crippen LogP contribution in [0.15, 0.2) is 28.8 Å². The first kappa shape index (κ1) is 13.6. The Morgan fingerprint density at radius 2 is 2.24 bits per heavy atom. The number of hydrogen-bond acceptors (Lipinski definition) is 5. The number of aryl methyl sites for hydroxylation is 2. The van der Waals surface area contributed by atoms with Gasteiger partial charge in [-0.05, 0) is 25.5 Å². The zero-order chi connectivity index (χ0) is 15.0. The highest BCUT2D eigenvalue weighted by atomic mass is 32.1. The molecule has 108 valence electrons. The summed E-state index contributed by atoms with van der Waals surface area (Å²) in [6.45, 7) is 4.07. The van der Waals surface area contributed by atoms with E-state index < -0.39 is 0 Å². The van der Waals surface area contributed by atoms with Crippen LogP contribution in [-0.4, -0.2) is 10.9 Å². The average molecular weight is 301 g/mol. The number of nitrogen functional groups attached to an aromatic ring is 1. The average Bonchev–Trinajstić information content (AvgIpc) is 3.00. The summed E-state index contributed by atoms with van der Waals surface area (Å²) in [6, 6.07) is 5.97. The molecule has 0 spiro atoms. The molecule has 0 saturated heterocycles. The van der Waals surface area contributed by atoms with Gasteiger partial charge in [0.25, 0.3) is 5.91 Å². The molecule has 0 radical (unpaired) electrons. The number of oxazole rings is 1. The second-order valence-corrected chi connectivity index (χ2v) is 5.94. The highest BCUT2D eigenvalue weighted by Crippen LogP contribution is 2.34. The highest BCUT2D eigenvalue weighted by Gasteiger charge is 2.16. The van der Waals surface area contributed by atoms with E-state index in [0.717, 1.165) is 21.4 Å². The molecular formula is C15H15N3O2S. The molecular weight excluding hydrogens is 286 g/mol. The number of nitrogens with zero attached hydrogens (tertiary/aromatic N) is 1. The molecule has 0 unspecified atom stereocenters. The van der Waals surface area contributed by atoms with Gasteiger partial charge in [0, 0.05) is 10.1 Å². The van der Waals surface area contributed by atoms with Crippen LogP contribution < -0.4 is 11.1 Å². The zero-order valence-electron chi connectivity index (χ0n) is 11.8. The molecule has 0 aliphatic carbocycles. The predicted molar refractivity (Wildman–Crippen MR) is 83.4 cm³/mol. The maximum atomic E-state index is 12.3. The highest BCUT2D eigenvalue weighted by molar-refractivity contribution is 7.21. The molecule has 21 heavy (non-hydrogen) atoms. The number of nitrogens with one attached hydrogen (secondary N) is 1. The van der Waals surface area contributed by atoms with E-state index in [-0.39, 0.29) is 12.5 Å². The monoisotopic (exact) mass is 301 g/mol. The van der Waals surface area contributed by atoms with E-state index in [2.05, 4.69) is 10.3 Å². The quantitative estimate of drug-likeness (QED) is 0.779. The molecule has 1 amide bonds. The first-order chi connectivity index (χ1) is 10.0. The zero-order valence-corrected chi connectivity index (χ0v) is 12.6. The molecule has 0 atom stereocenters. The van der Waals surface area contributed by atoms with Gasteiger partial charge in [-0.3, -0.25) is 4.79 Å². The molecule has 6 heteroatoms. The number of carbonyl (C=O) groups is 1. The molecule has 2 aromatic heterocycles. The van der Waals surface area contributed by atoms with Gasteiger partial charge in [-0.2, -0.15) is 0 Å². The fourth-order valence-corrected chi connectivity index (χ4v) is 3.25. The van der Waals surface area contributed by atoms with Crippen molar-refractivity contribution in [3.8, 4) is 0 Å². The molecule has 3 rings (SSSR count). The van der Waals surface area contributed by atoms with E-state index in [0.29, 0.717) is 16.5 Å². The van der Waals surface area contributed by atoms with Gasteiger partial charge in [0.2, 0.25) is 5.89 Å². The summed E-state index contributed by atoms with van der Waals surface area (Å²) < 4.78 is 6.34. The van der Waals surface area contributed by atoms with Crippen molar-refractivity contribution in [2.24, 2.45) is 0 Å². The minimum atomic E-state index is -0.206. The Hall–Kier alpha value is -2.34. The lowest BCUT2D eigenvalue weighted by molar-refractivity contribution is 0.0952.